The summed E-state index contributed by atoms with van der Waals surface area (Å²) < 4.78 is 0. The molecule has 3 N–H and O–H groups in total. The van der Waals surface area contributed by atoms with Gasteiger partial charge in [-0.2, -0.15) is 0 Å². The molecule has 0 unspecified atom stereocenters. The van der Waals surface area contributed by atoms with Crippen molar-refractivity contribution in [1.82, 2.24) is 15.1 Å². The molecule has 7 rings (SSSR count). The van der Waals surface area contributed by atoms with Gasteiger partial charge in [0.15, 0.2) is 0 Å². The van der Waals surface area contributed by atoms with E-state index < -0.39 is 0 Å². The van der Waals surface area contributed by atoms with Crippen molar-refractivity contribution in [2.45, 2.75) is 51.4 Å². The summed E-state index contributed by atoms with van der Waals surface area (Å²) in [5, 5.41) is 9.90. The number of nitrogens with zero attached hydrogens (tertiary/aromatic N) is 2. The third-order valence-electron chi connectivity index (χ3n) is 9.70. The Labute approximate surface area is 261 Å². The molecule has 0 aliphatic carbocycles. The number of amides is 4. The maximum absolute atomic E-state index is 13.7. The molecule has 0 spiro atoms. The van der Waals surface area contributed by atoms with Crippen molar-refractivity contribution in [3.8, 4) is 0 Å². The van der Waals surface area contributed by atoms with E-state index in [4.69, 9.17) is 5.73 Å². The number of nitrogens with two attached hydrogens (primary N) is 1. The number of rotatable bonds is 13. The van der Waals surface area contributed by atoms with Crippen molar-refractivity contribution in [3.05, 3.63) is 70.8 Å². The lowest BCUT2D eigenvalue weighted by Crippen LogP contribution is -2.41. The molecule has 8 nitrogen and oxygen atoms in total. The van der Waals surface area contributed by atoms with Crippen molar-refractivity contribution >= 4 is 66.7 Å². The molecule has 8 heteroatoms. The molecule has 5 aromatic carbocycles. The molecule has 5 aromatic rings. The zero-order valence-corrected chi connectivity index (χ0v) is 25.7. The lowest BCUT2D eigenvalue weighted by molar-refractivity contribution is 0.0592. The quantitative estimate of drug-likeness (QED) is 0.0715. The Hall–Kier alpha value is -4.40. The molecule has 0 saturated carbocycles. The smallest absolute Gasteiger partial charge is 0.261 e. The van der Waals surface area contributed by atoms with Gasteiger partial charge < -0.3 is 11.1 Å². The SMILES string of the molecule is CNCCCCCCN1C(=O)c2ccc3c4ccc5c6c(ccc(c7ccc(c2c37)C1=O)c64)C(=O)N(CCCCCCN)C5=O. The Kier molecular flexibility index (Phi) is 7.71. The van der Waals surface area contributed by atoms with Gasteiger partial charge in [0.25, 0.3) is 23.6 Å². The van der Waals surface area contributed by atoms with Gasteiger partial charge in [-0.1, -0.05) is 49.9 Å². The summed E-state index contributed by atoms with van der Waals surface area (Å²) in [6.45, 7) is 2.39. The van der Waals surface area contributed by atoms with Gasteiger partial charge in [-0.25, -0.2) is 0 Å². The monoisotopic (exact) mass is 602 g/mol. The number of fused-ring (bicyclic) bond motifs is 2. The van der Waals surface area contributed by atoms with E-state index >= 15 is 0 Å². The largest absolute Gasteiger partial charge is 0.330 e. The van der Waals surface area contributed by atoms with E-state index in [1.165, 1.54) is 9.80 Å². The van der Waals surface area contributed by atoms with Crippen LogP contribution in [0.1, 0.15) is 92.8 Å². The highest BCUT2D eigenvalue weighted by atomic mass is 16.2. The van der Waals surface area contributed by atoms with Gasteiger partial charge in [0, 0.05) is 46.1 Å². The van der Waals surface area contributed by atoms with Crippen LogP contribution in [0.15, 0.2) is 48.5 Å². The lowest BCUT2D eigenvalue weighted by atomic mass is 9.82. The predicted molar refractivity (Wildman–Crippen MR) is 178 cm³/mol. The van der Waals surface area contributed by atoms with Gasteiger partial charge in [-0.3, -0.25) is 29.0 Å². The average molecular weight is 603 g/mol. The molecule has 4 amide bonds. The molecule has 0 atom stereocenters. The fraction of sp³-hybridized carbons (Fsp3) is 0.351. The Morgan fingerprint density at radius 2 is 0.844 bits per heavy atom. The Bertz CT molecular complexity index is 1900. The van der Waals surface area contributed by atoms with E-state index in [1.54, 1.807) is 0 Å². The third-order valence-corrected chi connectivity index (χ3v) is 9.70. The Morgan fingerprint density at radius 1 is 0.489 bits per heavy atom. The number of imide groups is 2. The van der Waals surface area contributed by atoms with Crippen LogP contribution in [0.3, 0.4) is 0 Å². The zero-order chi connectivity index (χ0) is 31.2. The lowest BCUT2D eigenvalue weighted by Gasteiger charge is -2.30. The normalized spacial score (nSPS) is 14.8. The second kappa shape index (κ2) is 11.8. The molecule has 0 bridgehead atoms. The van der Waals surface area contributed by atoms with Gasteiger partial charge >= 0.3 is 0 Å². The highest BCUT2D eigenvalue weighted by Gasteiger charge is 2.36. The van der Waals surface area contributed by atoms with Crippen LogP contribution in [-0.2, 0) is 0 Å². The molecule has 2 aliphatic heterocycles. The van der Waals surface area contributed by atoms with Crippen molar-refractivity contribution < 1.29 is 19.2 Å². The fourth-order valence-electron chi connectivity index (χ4n) is 7.47. The molecule has 2 aliphatic rings. The highest BCUT2D eigenvalue weighted by molar-refractivity contribution is 6.41. The molecule has 230 valence electrons. The van der Waals surface area contributed by atoms with Crippen LogP contribution >= 0.6 is 0 Å². The molecule has 2 heterocycles. The van der Waals surface area contributed by atoms with E-state index in [-0.39, 0.29) is 23.6 Å². The van der Waals surface area contributed by atoms with E-state index in [9.17, 15) is 19.2 Å². The second-order valence-corrected chi connectivity index (χ2v) is 12.4. The summed E-state index contributed by atoms with van der Waals surface area (Å²) in [4.78, 5) is 57.6. The minimum Gasteiger partial charge on any atom is -0.330 e. The molecular weight excluding hydrogens is 564 g/mol. The number of unbranched alkanes of at least 4 members (excludes halogenated alkanes) is 6. The summed E-state index contributed by atoms with van der Waals surface area (Å²) >= 11 is 0. The first-order valence-corrected chi connectivity index (χ1v) is 16.2. The Balaban J connectivity index is 1.30. The van der Waals surface area contributed by atoms with Crippen LogP contribution < -0.4 is 11.1 Å². The molecule has 0 aromatic heterocycles. The highest BCUT2D eigenvalue weighted by Crippen LogP contribution is 2.46. The number of carbonyl (C=O) groups excluding carboxylic acids is 4. The second-order valence-electron chi connectivity index (χ2n) is 12.4. The molecule has 0 fully saturated rings. The summed E-state index contributed by atoms with van der Waals surface area (Å²) in [6.07, 6.45) is 7.43. The van der Waals surface area contributed by atoms with Crippen LogP contribution in [-0.4, -0.2) is 66.7 Å². The van der Waals surface area contributed by atoms with Gasteiger partial charge in [0.1, 0.15) is 0 Å². The van der Waals surface area contributed by atoms with Gasteiger partial charge in [-0.15, -0.1) is 0 Å². The van der Waals surface area contributed by atoms with E-state index in [2.05, 4.69) is 5.32 Å². The van der Waals surface area contributed by atoms with Crippen LogP contribution in [0.4, 0.5) is 0 Å². The first-order chi connectivity index (χ1) is 22.0. The van der Waals surface area contributed by atoms with Crippen LogP contribution in [0.2, 0.25) is 0 Å². The van der Waals surface area contributed by atoms with Crippen LogP contribution in [0.25, 0.3) is 43.1 Å². The zero-order valence-electron chi connectivity index (χ0n) is 25.7. The molecule has 0 saturated heterocycles. The van der Waals surface area contributed by atoms with E-state index in [0.717, 1.165) is 90.2 Å². The fourth-order valence-corrected chi connectivity index (χ4v) is 7.47. The predicted octanol–water partition coefficient (Wildman–Crippen LogP) is 6.23. The number of nitrogens with one attached hydrogen (secondary N) is 1. The van der Waals surface area contributed by atoms with Gasteiger partial charge in [-0.05, 0) is 102 Å². The summed E-state index contributed by atoms with van der Waals surface area (Å²) in [6, 6.07) is 15.2. The summed E-state index contributed by atoms with van der Waals surface area (Å²) in [5.41, 5.74) is 7.77. The van der Waals surface area contributed by atoms with Crippen molar-refractivity contribution in [2.24, 2.45) is 5.73 Å². The standard InChI is InChI=1S/C37H38N4O4/c1-39-19-7-3-5-9-21-41-36(44)28-16-12-24-22-10-14-26-32-27(35(43)40(34(26)42)20-8-4-2-6-18-38)15-11-23(30(22)32)25-13-17-29(37(41)45)33(28)31(24)25/h10-17,39H,2-9,18-21,38H2,1H3. The number of hydrogen-bond donors (Lipinski definition) is 2. The first kappa shape index (κ1) is 29.3. The minimum atomic E-state index is -0.260. The van der Waals surface area contributed by atoms with Gasteiger partial charge in [0.05, 0.1) is 0 Å². The molecule has 45 heavy (non-hydrogen) atoms. The maximum Gasteiger partial charge on any atom is 0.261 e. The Morgan fingerprint density at radius 3 is 1.20 bits per heavy atom. The van der Waals surface area contributed by atoms with Gasteiger partial charge in [0.2, 0.25) is 0 Å². The van der Waals surface area contributed by atoms with E-state index in [0.29, 0.717) is 52.7 Å². The summed E-state index contributed by atoms with van der Waals surface area (Å²) in [7, 11) is 1.94. The van der Waals surface area contributed by atoms with Crippen LogP contribution in [0.5, 0.6) is 0 Å². The molecular formula is C37H38N4O4. The minimum absolute atomic E-state index is 0.248. The van der Waals surface area contributed by atoms with Crippen molar-refractivity contribution in [3.63, 3.8) is 0 Å². The number of benzene rings is 5. The topological polar surface area (TPSA) is 113 Å². The van der Waals surface area contributed by atoms with Crippen molar-refractivity contribution in [1.29, 1.82) is 0 Å². The van der Waals surface area contributed by atoms with Crippen molar-refractivity contribution in [2.75, 3.05) is 33.2 Å². The maximum atomic E-state index is 13.7. The first-order valence-electron chi connectivity index (χ1n) is 16.2. The van der Waals surface area contributed by atoms with E-state index in [1.807, 2.05) is 55.6 Å². The van der Waals surface area contributed by atoms with Crippen LogP contribution in [0, 0.1) is 0 Å². The molecule has 0 radical (unpaired) electrons. The average Bonchev–Trinajstić information content (AvgIpc) is 3.05. The number of carbonyl (C=O) groups is 4. The third kappa shape index (κ3) is 4.58. The number of hydrogen-bond acceptors (Lipinski definition) is 6. The summed E-state index contributed by atoms with van der Waals surface area (Å²) in [5.74, 6) is -1.02.